The van der Waals surface area contributed by atoms with Gasteiger partial charge in [0.1, 0.15) is 0 Å². The molecule has 0 heterocycles. The lowest BCUT2D eigenvalue weighted by atomic mass is 10.1. The van der Waals surface area contributed by atoms with Crippen LogP contribution in [0.3, 0.4) is 0 Å². The number of phenols is 2. The van der Waals surface area contributed by atoms with E-state index < -0.39 is 6.10 Å². The van der Waals surface area contributed by atoms with Gasteiger partial charge >= 0.3 is 0 Å². The normalized spacial score (nSPS) is 12.1. The molecule has 0 bridgehead atoms. The summed E-state index contributed by atoms with van der Waals surface area (Å²) in [5, 5.41) is 29.9. The van der Waals surface area contributed by atoms with Gasteiger partial charge in [0.05, 0.1) is 12.6 Å². The highest BCUT2D eigenvalue weighted by molar-refractivity contribution is 5.41. The first-order valence-corrected chi connectivity index (χ1v) is 3.90. The summed E-state index contributed by atoms with van der Waals surface area (Å²) >= 11 is 0. The first kappa shape index (κ1) is 10.3. The number of hydrogen-bond acceptors (Lipinski definition) is 5. The lowest BCUT2D eigenvalue weighted by Crippen LogP contribution is -2.15. The van der Waals surface area contributed by atoms with Crippen molar-refractivity contribution in [2.24, 2.45) is 5.29 Å². The van der Waals surface area contributed by atoms with Gasteiger partial charge in [-0.1, -0.05) is 6.07 Å². The van der Waals surface area contributed by atoms with E-state index in [0.29, 0.717) is 5.56 Å². The minimum Gasteiger partial charge on any atom is -0.504 e. The highest BCUT2D eigenvalue weighted by Crippen LogP contribution is 2.27. The quantitative estimate of drug-likeness (QED) is 0.318. The van der Waals surface area contributed by atoms with Crippen molar-refractivity contribution in [2.45, 2.75) is 6.10 Å². The van der Waals surface area contributed by atoms with Gasteiger partial charge in [-0.05, 0) is 17.7 Å². The van der Waals surface area contributed by atoms with Crippen LogP contribution >= 0.6 is 0 Å². The maximum absolute atomic E-state index is 9.70. The summed E-state index contributed by atoms with van der Waals surface area (Å²) in [6.07, 6.45) is -0.959. The van der Waals surface area contributed by atoms with Crippen molar-refractivity contribution >= 4 is 0 Å². The van der Waals surface area contributed by atoms with Crippen molar-refractivity contribution in [3.8, 4) is 11.5 Å². The molecule has 0 aliphatic carbocycles. The van der Waals surface area contributed by atoms with Crippen LogP contribution in [0.1, 0.15) is 11.7 Å². The average molecular weight is 198 g/mol. The predicted octanol–water partition coefficient (Wildman–Crippen LogP) is 0.402. The minimum absolute atomic E-state index is 0.0479. The van der Waals surface area contributed by atoms with Crippen molar-refractivity contribution in [1.29, 1.82) is 0 Å². The number of nitrogens with zero attached hydrogens (tertiary/aromatic N) is 1. The molecule has 0 saturated heterocycles. The second-order valence-corrected chi connectivity index (χ2v) is 2.72. The van der Waals surface area contributed by atoms with Gasteiger partial charge in [0.15, 0.2) is 11.5 Å². The Labute approximate surface area is 79.8 Å². The molecular weight excluding hydrogens is 188 g/mol. The van der Waals surface area contributed by atoms with Crippen LogP contribution < -0.4 is 5.43 Å². The van der Waals surface area contributed by atoms with E-state index >= 15 is 0 Å². The van der Waals surface area contributed by atoms with Crippen LogP contribution in [0.2, 0.25) is 0 Å². The molecule has 1 rings (SSSR count). The fraction of sp³-hybridized carbons (Fsp3) is 0.250. The molecule has 6 nitrogen and oxygen atoms in total. The lowest BCUT2D eigenvalue weighted by Gasteiger charge is -2.09. The van der Waals surface area contributed by atoms with Crippen LogP contribution in [0.5, 0.6) is 11.5 Å². The fourth-order valence-corrected chi connectivity index (χ4v) is 0.989. The molecule has 0 aliphatic heterocycles. The molecular formula is C8H10N2O4. The maximum Gasteiger partial charge on any atom is 0.157 e. The van der Waals surface area contributed by atoms with Gasteiger partial charge in [0.2, 0.25) is 0 Å². The standard InChI is InChI=1S/C8H10N2O4/c11-6-2-1-5(3-7(6)12)8(13)4-9-10-14/h1-3,8,11-13H,4H2,(H,9,14)/t8-/m0/s1. The minimum atomic E-state index is -0.959. The van der Waals surface area contributed by atoms with Crippen LogP contribution in [0.15, 0.2) is 23.5 Å². The summed E-state index contributed by atoms with van der Waals surface area (Å²) in [4.78, 5) is 9.70. The molecule has 76 valence electrons. The van der Waals surface area contributed by atoms with Crippen LogP contribution in [-0.2, 0) is 0 Å². The largest absolute Gasteiger partial charge is 0.504 e. The molecule has 0 unspecified atom stereocenters. The number of nitroso groups, excluding NO2 is 1. The Morgan fingerprint density at radius 1 is 1.36 bits per heavy atom. The van der Waals surface area contributed by atoms with Crippen molar-refractivity contribution in [3.63, 3.8) is 0 Å². The molecule has 6 heteroatoms. The molecule has 0 aromatic heterocycles. The van der Waals surface area contributed by atoms with Gasteiger partial charge < -0.3 is 15.3 Å². The van der Waals surface area contributed by atoms with E-state index in [9.17, 15) is 10.0 Å². The van der Waals surface area contributed by atoms with E-state index in [1.165, 1.54) is 18.2 Å². The number of rotatable bonds is 4. The third kappa shape index (κ3) is 2.33. The number of nitrogens with one attached hydrogen (secondary N) is 1. The molecule has 1 aromatic carbocycles. The van der Waals surface area contributed by atoms with Crippen molar-refractivity contribution in [1.82, 2.24) is 5.43 Å². The van der Waals surface area contributed by atoms with Crippen LogP contribution in [0, 0.1) is 4.91 Å². The first-order chi connectivity index (χ1) is 6.65. The number of aliphatic hydroxyl groups is 1. The molecule has 1 atom stereocenters. The molecule has 14 heavy (non-hydrogen) atoms. The predicted molar refractivity (Wildman–Crippen MR) is 48.5 cm³/mol. The third-order valence-corrected chi connectivity index (χ3v) is 1.73. The number of aromatic hydroxyl groups is 2. The lowest BCUT2D eigenvalue weighted by molar-refractivity contribution is 0.175. The smallest absolute Gasteiger partial charge is 0.157 e. The van der Waals surface area contributed by atoms with Gasteiger partial charge in [-0.3, -0.25) is 5.43 Å². The van der Waals surface area contributed by atoms with E-state index in [4.69, 9.17) is 10.2 Å². The first-order valence-electron chi connectivity index (χ1n) is 3.90. The Morgan fingerprint density at radius 2 is 2.07 bits per heavy atom. The van der Waals surface area contributed by atoms with E-state index in [1.54, 1.807) is 0 Å². The highest BCUT2D eigenvalue weighted by Gasteiger charge is 2.09. The van der Waals surface area contributed by atoms with Gasteiger partial charge in [0.25, 0.3) is 0 Å². The molecule has 0 aliphatic rings. The Kier molecular flexibility index (Phi) is 3.24. The average Bonchev–Trinajstić information content (AvgIpc) is 2.18. The summed E-state index contributed by atoms with van der Waals surface area (Å²) < 4.78 is 0. The topological polar surface area (TPSA) is 102 Å². The van der Waals surface area contributed by atoms with Gasteiger partial charge in [0, 0.05) is 5.29 Å². The number of hydrogen-bond donors (Lipinski definition) is 4. The summed E-state index contributed by atoms with van der Waals surface area (Å²) in [6.45, 7) is -0.0479. The Balaban J connectivity index is 2.75. The van der Waals surface area contributed by atoms with E-state index in [1.807, 2.05) is 0 Å². The van der Waals surface area contributed by atoms with Gasteiger partial charge in [-0.25, -0.2) is 0 Å². The van der Waals surface area contributed by atoms with Crippen LogP contribution in [0.4, 0.5) is 0 Å². The zero-order chi connectivity index (χ0) is 10.6. The van der Waals surface area contributed by atoms with Crippen molar-refractivity contribution < 1.29 is 15.3 Å². The summed E-state index contributed by atoms with van der Waals surface area (Å²) in [5.41, 5.74) is 2.44. The molecule has 4 N–H and O–H groups in total. The number of benzene rings is 1. The molecule has 0 spiro atoms. The second-order valence-electron chi connectivity index (χ2n) is 2.72. The summed E-state index contributed by atoms with van der Waals surface area (Å²) in [5.74, 6) is -0.581. The monoisotopic (exact) mass is 198 g/mol. The third-order valence-electron chi connectivity index (χ3n) is 1.73. The molecule has 1 aromatic rings. The van der Waals surface area contributed by atoms with Crippen molar-refractivity contribution in [3.05, 3.63) is 28.7 Å². The Hall–Kier alpha value is -1.82. The summed E-state index contributed by atoms with van der Waals surface area (Å²) in [6, 6.07) is 3.90. The van der Waals surface area contributed by atoms with Gasteiger partial charge in [-0.2, -0.15) is 0 Å². The van der Waals surface area contributed by atoms with Gasteiger partial charge in [-0.15, -0.1) is 4.91 Å². The second kappa shape index (κ2) is 4.43. The summed E-state index contributed by atoms with van der Waals surface area (Å²) in [7, 11) is 0. The van der Waals surface area contributed by atoms with E-state index in [0.717, 1.165) is 0 Å². The van der Waals surface area contributed by atoms with Crippen molar-refractivity contribution in [2.75, 3.05) is 6.54 Å². The molecule has 0 fully saturated rings. The Morgan fingerprint density at radius 3 is 2.64 bits per heavy atom. The maximum atomic E-state index is 9.70. The number of aliphatic hydroxyl groups excluding tert-OH is 1. The molecule has 0 saturated carbocycles. The SMILES string of the molecule is O=NNC[C@H](O)c1ccc(O)c(O)c1. The fourth-order valence-electron chi connectivity index (χ4n) is 0.989. The molecule has 0 amide bonds. The van der Waals surface area contributed by atoms with Crippen LogP contribution in [-0.4, -0.2) is 21.9 Å². The zero-order valence-corrected chi connectivity index (χ0v) is 7.21. The highest BCUT2D eigenvalue weighted by atomic mass is 16.3. The number of phenolic OH excluding ortho intramolecular Hbond substituents is 2. The molecule has 0 radical (unpaired) electrons. The zero-order valence-electron chi connectivity index (χ0n) is 7.21. The van der Waals surface area contributed by atoms with E-state index in [-0.39, 0.29) is 18.0 Å². The van der Waals surface area contributed by atoms with Crippen LogP contribution in [0.25, 0.3) is 0 Å². The Bertz CT molecular complexity index is 329. The van der Waals surface area contributed by atoms with E-state index in [2.05, 4.69) is 10.7 Å².